The Hall–Kier alpha value is -3.92. The van der Waals surface area contributed by atoms with Gasteiger partial charge in [-0.25, -0.2) is 4.98 Å². The van der Waals surface area contributed by atoms with Gasteiger partial charge in [-0.05, 0) is 30.3 Å². The molecule has 30 heavy (non-hydrogen) atoms. The Labute approximate surface area is 173 Å². The number of benzene rings is 2. The van der Waals surface area contributed by atoms with Crippen LogP contribution in [0.5, 0.6) is 11.5 Å². The number of rotatable bonds is 4. The molecule has 0 radical (unpaired) electrons. The zero-order valence-corrected chi connectivity index (χ0v) is 16.0. The first-order valence-electron chi connectivity index (χ1n) is 8.85. The molecule has 0 unspecified atom stereocenters. The second-order valence-electron chi connectivity index (χ2n) is 6.45. The van der Waals surface area contributed by atoms with Gasteiger partial charge in [0.05, 0.1) is 5.69 Å². The fourth-order valence-corrected chi connectivity index (χ4v) is 3.25. The topological polar surface area (TPSA) is 113 Å². The van der Waals surface area contributed by atoms with Gasteiger partial charge in [0.1, 0.15) is 12.9 Å². The first-order valence-corrected chi connectivity index (χ1v) is 9.22. The summed E-state index contributed by atoms with van der Waals surface area (Å²) in [6.07, 6.45) is 1.29. The molecule has 0 spiro atoms. The van der Waals surface area contributed by atoms with Gasteiger partial charge in [0.15, 0.2) is 22.7 Å². The molecule has 1 aliphatic rings. The lowest BCUT2D eigenvalue weighted by Crippen LogP contribution is -2.28. The molecule has 0 aliphatic carbocycles. The van der Waals surface area contributed by atoms with Crippen molar-refractivity contribution in [3.8, 4) is 17.2 Å². The molecule has 10 nitrogen and oxygen atoms in total. The smallest absolute Gasteiger partial charge is 0.284 e. The molecule has 3 heterocycles. The van der Waals surface area contributed by atoms with Gasteiger partial charge in [0, 0.05) is 16.8 Å². The zero-order valence-electron chi connectivity index (χ0n) is 15.3. The molecule has 0 bridgehead atoms. The van der Waals surface area contributed by atoms with Crippen LogP contribution in [0.4, 0.5) is 5.69 Å². The molecular weight excluding hydrogens is 412 g/mol. The summed E-state index contributed by atoms with van der Waals surface area (Å²) in [5, 5.41) is 11.2. The summed E-state index contributed by atoms with van der Waals surface area (Å²) < 4.78 is 13.1. The van der Waals surface area contributed by atoms with Gasteiger partial charge in [-0.1, -0.05) is 22.9 Å². The molecule has 150 valence electrons. The van der Waals surface area contributed by atoms with Crippen LogP contribution in [-0.4, -0.2) is 37.2 Å². The van der Waals surface area contributed by atoms with Crippen molar-refractivity contribution in [1.29, 1.82) is 0 Å². The van der Waals surface area contributed by atoms with Crippen LogP contribution in [0.25, 0.3) is 16.9 Å². The first-order chi connectivity index (χ1) is 14.6. The Balaban J connectivity index is 1.39. The van der Waals surface area contributed by atoms with Crippen molar-refractivity contribution in [3.63, 3.8) is 0 Å². The van der Waals surface area contributed by atoms with E-state index < -0.39 is 11.5 Å². The van der Waals surface area contributed by atoms with Crippen LogP contribution in [0.3, 0.4) is 0 Å². The molecule has 0 saturated carbocycles. The molecule has 0 fully saturated rings. The Morgan fingerprint density at radius 1 is 1.17 bits per heavy atom. The predicted molar refractivity (Wildman–Crippen MR) is 107 cm³/mol. The highest BCUT2D eigenvalue weighted by atomic mass is 35.5. The number of nitrogens with zero attached hydrogens (tertiary/aromatic N) is 5. The van der Waals surface area contributed by atoms with Crippen LogP contribution in [-0.2, 0) is 11.3 Å². The van der Waals surface area contributed by atoms with E-state index in [0.29, 0.717) is 27.9 Å². The summed E-state index contributed by atoms with van der Waals surface area (Å²) in [7, 11) is 0. The Kier molecular flexibility index (Phi) is 4.32. The number of nitrogens with one attached hydrogen (secondary N) is 1. The number of amides is 1. The van der Waals surface area contributed by atoms with Crippen LogP contribution in [0, 0.1) is 0 Å². The van der Waals surface area contributed by atoms with Gasteiger partial charge in [-0.15, -0.1) is 5.10 Å². The van der Waals surface area contributed by atoms with E-state index in [4.69, 9.17) is 21.1 Å². The number of halogens is 1. The highest BCUT2D eigenvalue weighted by Crippen LogP contribution is 2.34. The lowest BCUT2D eigenvalue weighted by Gasteiger charge is -2.08. The number of anilines is 1. The Morgan fingerprint density at radius 2 is 2.03 bits per heavy atom. The highest BCUT2D eigenvalue weighted by molar-refractivity contribution is 6.30. The number of hydrogen-bond donors (Lipinski definition) is 1. The minimum Gasteiger partial charge on any atom is -0.454 e. The van der Waals surface area contributed by atoms with Gasteiger partial charge >= 0.3 is 0 Å². The van der Waals surface area contributed by atoms with Gasteiger partial charge < -0.3 is 14.8 Å². The third kappa shape index (κ3) is 3.22. The average Bonchev–Trinajstić information content (AvgIpc) is 3.37. The normalized spacial score (nSPS) is 12.3. The molecule has 4 aromatic rings. The van der Waals surface area contributed by atoms with Crippen molar-refractivity contribution in [2.45, 2.75) is 6.54 Å². The lowest BCUT2D eigenvalue weighted by atomic mass is 10.3. The standard InChI is InChI=1S/C19H13ClN6O4/c20-11-2-1-3-13(6-11)26-18-17(23-24-26)19(28)25(9-21-18)8-16(27)22-12-4-5-14-15(7-12)30-10-29-14/h1-7,9H,8,10H2,(H,22,27). The molecule has 0 saturated heterocycles. The summed E-state index contributed by atoms with van der Waals surface area (Å²) in [4.78, 5) is 29.4. The number of ether oxygens (including phenoxy) is 2. The van der Waals surface area contributed by atoms with Crippen molar-refractivity contribution in [2.24, 2.45) is 0 Å². The van der Waals surface area contributed by atoms with E-state index in [2.05, 4.69) is 20.6 Å². The molecule has 2 aromatic heterocycles. The van der Waals surface area contributed by atoms with Crippen molar-refractivity contribution in [2.75, 3.05) is 12.1 Å². The van der Waals surface area contributed by atoms with Crippen molar-refractivity contribution < 1.29 is 14.3 Å². The second-order valence-corrected chi connectivity index (χ2v) is 6.88. The molecule has 1 aliphatic heterocycles. The molecule has 11 heteroatoms. The van der Waals surface area contributed by atoms with Crippen LogP contribution >= 0.6 is 11.6 Å². The number of fused-ring (bicyclic) bond motifs is 2. The van der Waals surface area contributed by atoms with Crippen molar-refractivity contribution in [1.82, 2.24) is 24.5 Å². The average molecular weight is 425 g/mol. The summed E-state index contributed by atoms with van der Waals surface area (Å²) in [6.45, 7) is -0.0933. The van der Waals surface area contributed by atoms with E-state index in [1.165, 1.54) is 15.6 Å². The SMILES string of the molecule is O=C(Cn1cnc2c(nnn2-c2cccc(Cl)c2)c1=O)Nc1ccc2c(c1)OCO2. The van der Waals surface area contributed by atoms with E-state index in [1.807, 2.05) is 0 Å². The predicted octanol–water partition coefficient (Wildman–Crippen LogP) is 2.00. The summed E-state index contributed by atoms with van der Waals surface area (Å²) in [5.41, 5.74) is 0.991. The molecule has 1 N–H and O–H groups in total. The summed E-state index contributed by atoms with van der Waals surface area (Å²) in [5.74, 6) is 0.756. The van der Waals surface area contributed by atoms with Crippen LogP contribution in [0.15, 0.2) is 53.6 Å². The monoisotopic (exact) mass is 424 g/mol. The molecular formula is C19H13ClN6O4. The fourth-order valence-electron chi connectivity index (χ4n) is 3.07. The molecule has 2 aromatic carbocycles. The second kappa shape index (κ2) is 7.16. The van der Waals surface area contributed by atoms with E-state index >= 15 is 0 Å². The third-order valence-corrected chi connectivity index (χ3v) is 4.69. The maximum absolute atomic E-state index is 12.7. The van der Waals surface area contributed by atoms with Crippen LogP contribution in [0.1, 0.15) is 0 Å². The van der Waals surface area contributed by atoms with Crippen molar-refractivity contribution >= 4 is 34.4 Å². The highest BCUT2D eigenvalue weighted by Gasteiger charge is 2.17. The van der Waals surface area contributed by atoms with Gasteiger partial charge in [0.2, 0.25) is 12.7 Å². The van der Waals surface area contributed by atoms with Crippen molar-refractivity contribution in [3.05, 3.63) is 64.2 Å². The van der Waals surface area contributed by atoms with E-state index in [-0.39, 0.29) is 24.5 Å². The first kappa shape index (κ1) is 18.1. The summed E-state index contributed by atoms with van der Waals surface area (Å²) >= 11 is 6.02. The quantitative estimate of drug-likeness (QED) is 0.533. The maximum Gasteiger partial charge on any atom is 0.284 e. The fraction of sp³-hybridized carbons (Fsp3) is 0.105. The summed E-state index contributed by atoms with van der Waals surface area (Å²) in [6, 6.07) is 12.0. The number of hydrogen-bond acceptors (Lipinski definition) is 7. The van der Waals surface area contributed by atoms with Crippen LogP contribution in [0.2, 0.25) is 5.02 Å². The van der Waals surface area contributed by atoms with Crippen LogP contribution < -0.4 is 20.3 Å². The lowest BCUT2D eigenvalue weighted by molar-refractivity contribution is -0.116. The third-order valence-electron chi connectivity index (χ3n) is 4.45. The van der Waals surface area contributed by atoms with E-state index in [9.17, 15) is 9.59 Å². The van der Waals surface area contributed by atoms with Gasteiger partial charge in [0.25, 0.3) is 5.56 Å². The van der Waals surface area contributed by atoms with Gasteiger partial charge in [-0.2, -0.15) is 4.68 Å². The zero-order chi connectivity index (χ0) is 20.7. The minimum absolute atomic E-state index is 0.0494. The number of carbonyl (C=O) groups is 1. The van der Waals surface area contributed by atoms with E-state index in [0.717, 1.165) is 0 Å². The molecule has 0 atom stereocenters. The number of aromatic nitrogens is 5. The minimum atomic E-state index is -0.478. The molecule has 5 rings (SSSR count). The maximum atomic E-state index is 12.7. The Bertz CT molecular complexity index is 1350. The van der Waals surface area contributed by atoms with Gasteiger partial charge in [-0.3, -0.25) is 14.2 Å². The largest absolute Gasteiger partial charge is 0.454 e. The Morgan fingerprint density at radius 3 is 2.90 bits per heavy atom. The van der Waals surface area contributed by atoms with E-state index in [1.54, 1.807) is 42.5 Å². The number of carbonyl (C=O) groups excluding carboxylic acids is 1. The molecule has 1 amide bonds.